The molecular weight excluding hydrogens is 368 g/mol. The summed E-state index contributed by atoms with van der Waals surface area (Å²) in [6.07, 6.45) is 1.17. The normalized spacial score (nSPS) is 11.0. The topological polar surface area (TPSA) is 49.3 Å². The fraction of sp³-hybridized carbons (Fsp3) is 0.526. The number of amides is 1. The van der Waals surface area contributed by atoms with Gasteiger partial charge in [-0.2, -0.15) is 4.37 Å². The SMILES string of the molecule is CCN(CC)C(=O)CCN(c1nc(Cc2ccc(Cl)cc2)ns1)C(C)C. The molecule has 0 N–H and O–H groups in total. The lowest BCUT2D eigenvalue weighted by molar-refractivity contribution is -0.130. The zero-order valence-electron chi connectivity index (χ0n) is 15.9. The Balaban J connectivity index is 2.02. The van der Waals surface area contributed by atoms with Crippen molar-refractivity contribution in [1.29, 1.82) is 0 Å². The second-order valence-electron chi connectivity index (χ2n) is 6.40. The number of rotatable bonds is 9. The summed E-state index contributed by atoms with van der Waals surface area (Å²) in [4.78, 5) is 21.0. The molecule has 0 fully saturated rings. The van der Waals surface area contributed by atoms with Gasteiger partial charge in [-0.05, 0) is 45.4 Å². The Labute approximate surface area is 165 Å². The van der Waals surface area contributed by atoms with Crippen LogP contribution < -0.4 is 4.90 Å². The van der Waals surface area contributed by atoms with Crippen molar-refractivity contribution < 1.29 is 4.79 Å². The van der Waals surface area contributed by atoms with Gasteiger partial charge in [-0.15, -0.1) is 0 Å². The summed E-state index contributed by atoms with van der Waals surface area (Å²) in [5, 5.41) is 1.60. The van der Waals surface area contributed by atoms with Crippen LogP contribution in [-0.2, 0) is 11.2 Å². The Kier molecular flexibility index (Phi) is 7.85. The van der Waals surface area contributed by atoms with E-state index >= 15 is 0 Å². The van der Waals surface area contributed by atoms with Crippen molar-refractivity contribution in [2.75, 3.05) is 24.5 Å². The van der Waals surface area contributed by atoms with Crippen LogP contribution in [0, 0.1) is 0 Å². The van der Waals surface area contributed by atoms with Crippen molar-refractivity contribution in [3.63, 3.8) is 0 Å². The van der Waals surface area contributed by atoms with Gasteiger partial charge in [-0.25, -0.2) is 4.98 Å². The summed E-state index contributed by atoms with van der Waals surface area (Å²) in [6, 6.07) is 8.00. The van der Waals surface area contributed by atoms with E-state index in [0.29, 0.717) is 19.4 Å². The van der Waals surface area contributed by atoms with Crippen LogP contribution in [0.2, 0.25) is 5.02 Å². The molecule has 0 saturated heterocycles. The van der Waals surface area contributed by atoms with E-state index in [1.54, 1.807) is 0 Å². The summed E-state index contributed by atoms with van der Waals surface area (Å²) >= 11 is 7.33. The lowest BCUT2D eigenvalue weighted by Crippen LogP contribution is -2.37. The third-order valence-corrected chi connectivity index (χ3v) is 5.33. The minimum Gasteiger partial charge on any atom is -0.344 e. The number of aromatic nitrogens is 2. The van der Waals surface area contributed by atoms with Crippen molar-refractivity contribution >= 4 is 34.2 Å². The summed E-state index contributed by atoms with van der Waals surface area (Å²) in [7, 11) is 0. The number of nitrogens with zero attached hydrogens (tertiary/aromatic N) is 4. The van der Waals surface area contributed by atoms with Gasteiger partial charge in [0.25, 0.3) is 0 Å². The van der Waals surface area contributed by atoms with Crippen LogP contribution in [0.25, 0.3) is 0 Å². The second-order valence-corrected chi connectivity index (χ2v) is 7.57. The standard InChI is InChI=1S/C19H27ClN4OS/c1-5-23(6-2)18(25)11-12-24(14(3)4)19-21-17(22-26-19)13-15-7-9-16(20)10-8-15/h7-10,14H,5-6,11-13H2,1-4H3. The van der Waals surface area contributed by atoms with Crippen molar-refractivity contribution in [3.8, 4) is 0 Å². The molecule has 26 heavy (non-hydrogen) atoms. The maximum atomic E-state index is 12.3. The molecule has 0 radical (unpaired) electrons. The largest absolute Gasteiger partial charge is 0.344 e. The molecule has 1 amide bonds. The van der Waals surface area contributed by atoms with Gasteiger partial charge in [-0.1, -0.05) is 23.7 Å². The minimum absolute atomic E-state index is 0.187. The quantitative estimate of drug-likeness (QED) is 0.637. The Hall–Kier alpha value is -1.66. The summed E-state index contributed by atoms with van der Waals surface area (Å²) in [6.45, 7) is 10.4. The highest BCUT2D eigenvalue weighted by atomic mass is 35.5. The van der Waals surface area contributed by atoms with E-state index in [2.05, 4.69) is 28.1 Å². The first-order valence-corrected chi connectivity index (χ1v) is 10.2. The molecule has 1 heterocycles. The highest BCUT2D eigenvalue weighted by Crippen LogP contribution is 2.22. The van der Waals surface area contributed by atoms with Crippen molar-refractivity contribution in [2.45, 2.75) is 46.6 Å². The summed E-state index contributed by atoms with van der Waals surface area (Å²) in [5.74, 6) is 0.986. The number of carbonyl (C=O) groups is 1. The van der Waals surface area contributed by atoms with Crippen LogP contribution in [0.5, 0.6) is 0 Å². The van der Waals surface area contributed by atoms with E-state index in [-0.39, 0.29) is 11.9 Å². The van der Waals surface area contributed by atoms with Gasteiger partial charge in [0.05, 0.1) is 0 Å². The molecule has 0 spiro atoms. The Morgan fingerprint density at radius 3 is 2.42 bits per heavy atom. The van der Waals surface area contributed by atoms with Gasteiger partial charge in [-0.3, -0.25) is 4.79 Å². The molecular formula is C19H27ClN4OS. The number of halogens is 1. The van der Waals surface area contributed by atoms with Crippen LogP contribution in [0.4, 0.5) is 5.13 Å². The molecule has 0 saturated carbocycles. The number of hydrogen-bond donors (Lipinski definition) is 0. The molecule has 1 aromatic heterocycles. The minimum atomic E-state index is 0.187. The predicted octanol–water partition coefficient (Wildman–Crippen LogP) is 4.26. The highest BCUT2D eigenvalue weighted by Gasteiger charge is 2.18. The molecule has 0 aliphatic rings. The van der Waals surface area contributed by atoms with Crippen molar-refractivity contribution in [2.24, 2.45) is 0 Å². The monoisotopic (exact) mass is 394 g/mol. The molecule has 142 valence electrons. The van der Waals surface area contributed by atoms with E-state index in [9.17, 15) is 4.79 Å². The maximum Gasteiger partial charge on any atom is 0.224 e. The van der Waals surface area contributed by atoms with Gasteiger partial charge >= 0.3 is 0 Å². The average Bonchev–Trinajstić information content (AvgIpc) is 3.06. The van der Waals surface area contributed by atoms with Crippen LogP contribution >= 0.6 is 23.1 Å². The summed E-state index contributed by atoms with van der Waals surface area (Å²) < 4.78 is 4.49. The van der Waals surface area contributed by atoms with Crippen LogP contribution in [0.15, 0.2) is 24.3 Å². The van der Waals surface area contributed by atoms with Crippen molar-refractivity contribution in [1.82, 2.24) is 14.3 Å². The molecule has 5 nitrogen and oxygen atoms in total. The molecule has 0 atom stereocenters. The zero-order chi connectivity index (χ0) is 19.1. The first-order valence-electron chi connectivity index (χ1n) is 9.06. The molecule has 0 aliphatic heterocycles. The van der Waals surface area contributed by atoms with E-state index in [1.165, 1.54) is 11.5 Å². The molecule has 2 rings (SSSR count). The van der Waals surface area contributed by atoms with Gasteiger partial charge in [0.15, 0.2) is 0 Å². The maximum absolute atomic E-state index is 12.3. The van der Waals surface area contributed by atoms with Gasteiger partial charge < -0.3 is 9.80 Å². The first kappa shape index (κ1) is 20.6. The Bertz CT molecular complexity index is 698. The molecule has 2 aromatic rings. The number of anilines is 1. The Morgan fingerprint density at radius 1 is 1.19 bits per heavy atom. The van der Waals surface area contributed by atoms with Gasteiger partial charge in [0, 0.05) is 55.1 Å². The Morgan fingerprint density at radius 2 is 1.85 bits per heavy atom. The highest BCUT2D eigenvalue weighted by molar-refractivity contribution is 7.09. The van der Waals surface area contributed by atoms with Crippen LogP contribution in [0.3, 0.4) is 0 Å². The fourth-order valence-electron chi connectivity index (χ4n) is 2.74. The molecule has 0 aliphatic carbocycles. The third-order valence-electron chi connectivity index (χ3n) is 4.28. The first-order chi connectivity index (χ1) is 12.4. The molecule has 0 bridgehead atoms. The van der Waals surface area contributed by atoms with Crippen LogP contribution in [-0.4, -0.2) is 45.8 Å². The molecule has 0 unspecified atom stereocenters. The van der Waals surface area contributed by atoms with Gasteiger partial charge in [0.2, 0.25) is 11.0 Å². The smallest absolute Gasteiger partial charge is 0.224 e. The van der Waals surface area contributed by atoms with E-state index in [0.717, 1.165) is 34.6 Å². The average molecular weight is 395 g/mol. The van der Waals surface area contributed by atoms with E-state index < -0.39 is 0 Å². The van der Waals surface area contributed by atoms with E-state index in [1.807, 2.05) is 43.0 Å². The third kappa shape index (κ3) is 5.68. The number of benzene rings is 1. The molecule has 1 aromatic carbocycles. The molecule has 7 heteroatoms. The predicted molar refractivity (Wildman–Crippen MR) is 109 cm³/mol. The van der Waals surface area contributed by atoms with E-state index in [4.69, 9.17) is 11.6 Å². The van der Waals surface area contributed by atoms with Gasteiger partial charge in [0.1, 0.15) is 5.82 Å². The summed E-state index contributed by atoms with van der Waals surface area (Å²) in [5.41, 5.74) is 1.13. The lowest BCUT2D eigenvalue weighted by atomic mass is 10.1. The second kappa shape index (κ2) is 9.88. The fourth-order valence-corrected chi connectivity index (χ4v) is 3.71. The number of carbonyl (C=O) groups excluding carboxylic acids is 1. The lowest BCUT2D eigenvalue weighted by Gasteiger charge is -2.27. The number of hydrogen-bond acceptors (Lipinski definition) is 5. The van der Waals surface area contributed by atoms with Crippen LogP contribution in [0.1, 0.15) is 45.5 Å². The zero-order valence-corrected chi connectivity index (χ0v) is 17.5. The van der Waals surface area contributed by atoms with Crippen molar-refractivity contribution in [3.05, 3.63) is 40.7 Å².